The number of carboxylic acid groups (broad SMARTS) is 1. The van der Waals surface area contributed by atoms with E-state index in [0.717, 1.165) is 32.1 Å². The standard InChI is InChI=1S/C23H34O4/c1-13(10-20(26)27)16-4-5-17-21-18(7-9-23(16,17)3)22(2)8-6-15(24)11-14(22)12-19(21)25/h13-14,16-18,21H,4-12H2,1-3H3,(H,26,27)/t13-,14+,16-,17+,18+,21+,22+,23-/m1/s1. The minimum absolute atomic E-state index is 0.0966. The first kappa shape index (κ1) is 19.1. The van der Waals surface area contributed by atoms with Gasteiger partial charge in [0.25, 0.3) is 0 Å². The lowest BCUT2D eigenvalue weighted by Crippen LogP contribution is -2.57. The van der Waals surface area contributed by atoms with Gasteiger partial charge >= 0.3 is 5.97 Å². The van der Waals surface area contributed by atoms with Crippen molar-refractivity contribution >= 4 is 17.5 Å². The summed E-state index contributed by atoms with van der Waals surface area (Å²) in [6.45, 7) is 6.79. The maximum Gasteiger partial charge on any atom is 0.303 e. The summed E-state index contributed by atoms with van der Waals surface area (Å²) in [5, 5.41) is 9.26. The van der Waals surface area contributed by atoms with Crippen LogP contribution in [0.3, 0.4) is 0 Å². The number of carboxylic acids is 1. The summed E-state index contributed by atoms with van der Waals surface area (Å²) in [5.74, 6) is 1.82. The van der Waals surface area contributed by atoms with Crippen LogP contribution in [0, 0.1) is 46.3 Å². The highest BCUT2D eigenvalue weighted by Crippen LogP contribution is 2.67. The Balaban J connectivity index is 1.62. The molecule has 0 saturated heterocycles. The van der Waals surface area contributed by atoms with Crippen LogP contribution in [-0.2, 0) is 14.4 Å². The monoisotopic (exact) mass is 374 g/mol. The topological polar surface area (TPSA) is 71.4 Å². The first-order valence-corrected chi connectivity index (χ1v) is 10.9. The highest BCUT2D eigenvalue weighted by atomic mass is 16.4. The summed E-state index contributed by atoms with van der Waals surface area (Å²) >= 11 is 0. The van der Waals surface area contributed by atoms with E-state index in [1.165, 1.54) is 0 Å². The summed E-state index contributed by atoms with van der Waals surface area (Å²) in [6.07, 6.45) is 7.37. The van der Waals surface area contributed by atoms with Crippen molar-refractivity contribution in [3.8, 4) is 0 Å². The molecule has 8 atom stereocenters. The van der Waals surface area contributed by atoms with E-state index < -0.39 is 5.97 Å². The van der Waals surface area contributed by atoms with Crippen molar-refractivity contribution in [3.05, 3.63) is 0 Å². The Bertz CT molecular complexity index is 669. The van der Waals surface area contributed by atoms with Gasteiger partial charge in [-0.05, 0) is 72.5 Å². The summed E-state index contributed by atoms with van der Waals surface area (Å²) in [6, 6.07) is 0. The molecule has 4 rings (SSSR count). The predicted octanol–water partition coefficient (Wildman–Crippen LogP) is 4.50. The summed E-state index contributed by atoms with van der Waals surface area (Å²) < 4.78 is 0. The molecule has 150 valence electrons. The summed E-state index contributed by atoms with van der Waals surface area (Å²) in [5.41, 5.74) is 0.234. The molecule has 0 aromatic carbocycles. The molecule has 0 aromatic heterocycles. The lowest BCUT2D eigenvalue weighted by atomic mass is 9.44. The molecule has 27 heavy (non-hydrogen) atoms. The molecule has 0 spiro atoms. The van der Waals surface area contributed by atoms with Gasteiger partial charge in [-0.15, -0.1) is 0 Å². The molecule has 4 heteroatoms. The largest absolute Gasteiger partial charge is 0.481 e. The van der Waals surface area contributed by atoms with Crippen LogP contribution in [0.1, 0.15) is 78.6 Å². The molecule has 4 aliphatic carbocycles. The van der Waals surface area contributed by atoms with Crippen LogP contribution < -0.4 is 0 Å². The molecular weight excluding hydrogens is 340 g/mol. The highest BCUT2D eigenvalue weighted by Gasteiger charge is 2.63. The molecule has 4 saturated carbocycles. The Morgan fingerprint density at radius 1 is 1.07 bits per heavy atom. The van der Waals surface area contributed by atoms with Gasteiger partial charge in [0.05, 0.1) is 0 Å². The lowest BCUT2D eigenvalue weighted by Gasteiger charge is -2.59. The molecule has 0 heterocycles. The number of Topliss-reactive ketones (excluding diaryl/α,β-unsaturated/α-hetero) is 2. The second-order valence-corrected chi connectivity index (χ2v) is 10.7. The van der Waals surface area contributed by atoms with Crippen molar-refractivity contribution < 1.29 is 19.5 Å². The van der Waals surface area contributed by atoms with Crippen molar-refractivity contribution in [2.45, 2.75) is 78.6 Å². The van der Waals surface area contributed by atoms with Crippen LogP contribution >= 0.6 is 0 Å². The molecule has 0 radical (unpaired) electrons. The first-order chi connectivity index (χ1) is 12.7. The molecule has 0 aliphatic heterocycles. The Morgan fingerprint density at radius 2 is 1.78 bits per heavy atom. The van der Waals surface area contributed by atoms with E-state index >= 15 is 0 Å². The Morgan fingerprint density at radius 3 is 2.48 bits per heavy atom. The zero-order valence-electron chi connectivity index (χ0n) is 17.0. The van der Waals surface area contributed by atoms with E-state index in [0.29, 0.717) is 48.6 Å². The molecule has 0 unspecified atom stereocenters. The summed E-state index contributed by atoms with van der Waals surface area (Å²) in [7, 11) is 0. The third-order valence-electron chi connectivity index (χ3n) is 9.54. The molecule has 4 fully saturated rings. The van der Waals surface area contributed by atoms with E-state index in [-0.39, 0.29) is 35.0 Å². The van der Waals surface area contributed by atoms with Gasteiger partial charge in [-0.1, -0.05) is 20.8 Å². The Hall–Kier alpha value is -1.19. The van der Waals surface area contributed by atoms with Gasteiger partial charge in [-0.25, -0.2) is 0 Å². The highest BCUT2D eigenvalue weighted by molar-refractivity contribution is 5.86. The minimum Gasteiger partial charge on any atom is -0.481 e. The van der Waals surface area contributed by atoms with E-state index in [1.807, 2.05) is 0 Å². The molecule has 0 bridgehead atoms. The fourth-order valence-electron chi connectivity index (χ4n) is 8.12. The number of rotatable bonds is 3. The van der Waals surface area contributed by atoms with Crippen molar-refractivity contribution in [2.24, 2.45) is 46.3 Å². The fourth-order valence-corrected chi connectivity index (χ4v) is 8.12. The van der Waals surface area contributed by atoms with Gasteiger partial charge in [0.2, 0.25) is 0 Å². The van der Waals surface area contributed by atoms with Crippen LogP contribution in [0.15, 0.2) is 0 Å². The number of ketones is 2. The Kier molecular flexibility index (Phi) is 4.55. The predicted molar refractivity (Wildman–Crippen MR) is 102 cm³/mol. The van der Waals surface area contributed by atoms with Gasteiger partial charge in [0, 0.05) is 31.6 Å². The van der Waals surface area contributed by atoms with Crippen molar-refractivity contribution in [1.29, 1.82) is 0 Å². The lowest BCUT2D eigenvalue weighted by molar-refractivity contribution is -0.159. The SMILES string of the molecule is C[C@H](CC(=O)O)[C@H]1CC[C@H]2[C@@H]3C(=O)C[C@@H]4CC(=O)CC[C@]4(C)[C@H]3CC[C@]12C. The second kappa shape index (κ2) is 6.42. The molecule has 0 amide bonds. The first-order valence-electron chi connectivity index (χ1n) is 10.9. The third-order valence-corrected chi connectivity index (χ3v) is 9.54. The van der Waals surface area contributed by atoms with E-state index in [1.54, 1.807) is 0 Å². The van der Waals surface area contributed by atoms with Crippen molar-refractivity contribution in [1.82, 2.24) is 0 Å². The third kappa shape index (κ3) is 2.81. The number of hydrogen-bond acceptors (Lipinski definition) is 3. The van der Waals surface area contributed by atoms with E-state index in [9.17, 15) is 19.5 Å². The van der Waals surface area contributed by atoms with Gasteiger partial charge in [-0.3, -0.25) is 14.4 Å². The number of carbonyl (C=O) groups excluding carboxylic acids is 2. The number of hydrogen-bond donors (Lipinski definition) is 1. The molecule has 4 nitrogen and oxygen atoms in total. The number of fused-ring (bicyclic) bond motifs is 5. The average molecular weight is 375 g/mol. The normalized spacial score (nSPS) is 47.7. The fraction of sp³-hybridized carbons (Fsp3) is 0.870. The maximum absolute atomic E-state index is 13.3. The van der Waals surface area contributed by atoms with Gasteiger partial charge < -0.3 is 5.11 Å². The zero-order valence-corrected chi connectivity index (χ0v) is 17.0. The van der Waals surface area contributed by atoms with Crippen LogP contribution in [-0.4, -0.2) is 22.6 Å². The van der Waals surface area contributed by atoms with Crippen molar-refractivity contribution in [3.63, 3.8) is 0 Å². The van der Waals surface area contributed by atoms with E-state index in [2.05, 4.69) is 20.8 Å². The molecule has 1 N–H and O–H groups in total. The Labute approximate surface area is 162 Å². The quantitative estimate of drug-likeness (QED) is 0.789. The van der Waals surface area contributed by atoms with E-state index in [4.69, 9.17) is 0 Å². The average Bonchev–Trinajstić information content (AvgIpc) is 2.93. The minimum atomic E-state index is -0.709. The van der Waals surface area contributed by atoms with Gasteiger partial charge in [0.1, 0.15) is 11.6 Å². The van der Waals surface area contributed by atoms with Crippen molar-refractivity contribution in [2.75, 3.05) is 0 Å². The zero-order chi connectivity index (χ0) is 19.6. The van der Waals surface area contributed by atoms with Crippen LogP contribution in [0.2, 0.25) is 0 Å². The molecular formula is C23H34O4. The molecule has 0 aromatic rings. The maximum atomic E-state index is 13.3. The number of carbonyl (C=O) groups is 3. The van der Waals surface area contributed by atoms with Crippen LogP contribution in [0.5, 0.6) is 0 Å². The molecule has 4 aliphatic rings. The van der Waals surface area contributed by atoms with Gasteiger partial charge in [-0.2, -0.15) is 0 Å². The van der Waals surface area contributed by atoms with Crippen LogP contribution in [0.25, 0.3) is 0 Å². The smallest absolute Gasteiger partial charge is 0.303 e. The summed E-state index contributed by atoms with van der Waals surface area (Å²) in [4.78, 5) is 36.5. The number of aliphatic carboxylic acids is 1. The van der Waals surface area contributed by atoms with Gasteiger partial charge in [0.15, 0.2) is 0 Å². The van der Waals surface area contributed by atoms with Crippen LogP contribution in [0.4, 0.5) is 0 Å². The second-order valence-electron chi connectivity index (χ2n) is 10.7.